The molecule has 5 nitrogen and oxygen atoms in total. The van der Waals surface area contributed by atoms with Crippen LogP contribution in [0.4, 0.5) is 0 Å². The molecular formula is C12H23NO4S2. The van der Waals surface area contributed by atoms with Crippen LogP contribution >= 0.6 is 11.8 Å². The fourth-order valence-electron chi connectivity index (χ4n) is 2.28. The summed E-state index contributed by atoms with van der Waals surface area (Å²) in [7, 11) is -3.23. The Balaban J connectivity index is 2.93. The monoisotopic (exact) mass is 309 g/mol. The summed E-state index contributed by atoms with van der Waals surface area (Å²) in [6.45, 7) is 4.16. The average molecular weight is 309 g/mol. The van der Waals surface area contributed by atoms with Crippen molar-refractivity contribution in [1.29, 1.82) is 0 Å². The summed E-state index contributed by atoms with van der Waals surface area (Å²) in [5.41, 5.74) is 0. The van der Waals surface area contributed by atoms with Gasteiger partial charge >= 0.3 is 5.97 Å². The maximum Gasteiger partial charge on any atom is 0.320 e. The molecule has 0 bridgehead atoms. The first-order chi connectivity index (χ1) is 8.94. The fourth-order valence-corrected chi connectivity index (χ4v) is 5.35. The van der Waals surface area contributed by atoms with Crippen molar-refractivity contribution < 1.29 is 18.3 Å². The van der Waals surface area contributed by atoms with E-state index in [9.17, 15) is 18.3 Å². The Morgan fingerprint density at radius 3 is 2.68 bits per heavy atom. The summed E-state index contributed by atoms with van der Waals surface area (Å²) in [5.74, 6) is 0.434. The molecule has 0 saturated carbocycles. The lowest BCUT2D eigenvalue weighted by Gasteiger charge is -2.38. The van der Waals surface area contributed by atoms with E-state index in [1.54, 1.807) is 23.6 Å². The van der Waals surface area contributed by atoms with Crippen LogP contribution in [-0.4, -0.2) is 59.6 Å². The van der Waals surface area contributed by atoms with Crippen LogP contribution in [0.3, 0.4) is 0 Å². The summed E-state index contributed by atoms with van der Waals surface area (Å²) in [5, 5.41) is 8.72. The number of aliphatic carboxylic acids is 1. The second-order valence-corrected chi connectivity index (χ2v) is 8.31. The number of carboxylic acids is 1. The molecule has 0 aromatic rings. The van der Waals surface area contributed by atoms with Gasteiger partial charge in [-0.2, -0.15) is 11.8 Å². The van der Waals surface area contributed by atoms with Crippen molar-refractivity contribution in [2.75, 3.05) is 23.8 Å². The van der Waals surface area contributed by atoms with E-state index in [-0.39, 0.29) is 5.75 Å². The lowest BCUT2D eigenvalue weighted by molar-refractivity contribution is -0.143. The van der Waals surface area contributed by atoms with Crippen molar-refractivity contribution in [2.24, 2.45) is 0 Å². The Kier molecular flexibility index (Phi) is 6.62. The van der Waals surface area contributed by atoms with Crippen molar-refractivity contribution >= 4 is 27.6 Å². The predicted octanol–water partition coefficient (Wildman–Crippen LogP) is 1.44. The van der Waals surface area contributed by atoms with Gasteiger partial charge in [0.05, 0.1) is 0 Å². The van der Waals surface area contributed by atoms with E-state index in [4.69, 9.17) is 0 Å². The second-order valence-electron chi connectivity index (χ2n) is 4.72. The zero-order valence-electron chi connectivity index (χ0n) is 11.5. The molecule has 1 fully saturated rings. The lowest BCUT2D eigenvalue weighted by Crippen LogP contribution is -2.55. The molecule has 112 valence electrons. The highest BCUT2D eigenvalue weighted by molar-refractivity contribution is 8.01. The molecule has 2 atom stereocenters. The highest BCUT2D eigenvalue weighted by atomic mass is 32.2. The number of nitrogens with zero attached hydrogens (tertiary/aromatic N) is 1. The maximum atomic E-state index is 12.1. The summed E-state index contributed by atoms with van der Waals surface area (Å²) in [6.07, 6.45) is 2.24. The zero-order chi connectivity index (χ0) is 14.5. The molecule has 19 heavy (non-hydrogen) atoms. The van der Waals surface area contributed by atoms with Gasteiger partial charge in [-0.15, -0.1) is 0 Å². The third-order valence-corrected chi connectivity index (χ3v) is 6.76. The Morgan fingerprint density at radius 2 is 2.16 bits per heavy atom. The van der Waals surface area contributed by atoms with Crippen molar-refractivity contribution in [3.05, 3.63) is 0 Å². The molecule has 1 aliphatic rings. The van der Waals surface area contributed by atoms with Crippen LogP contribution in [-0.2, 0) is 14.6 Å². The van der Waals surface area contributed by atoms with Gasteiger partial charge in [0.1, 0.15) is 11.4 Å². The fraction of sp³-hybridized carbons (Fsp3) is 0.917. The molecule has 2 unspecified atom stereocenters. The van der Waals surface area contributed by atoms with Gasteiger partial charge in [0, 0.05) is 23.8 Å². The highest BCUT2D eigenvalue weighted by Gasteiger charge is 2.39. The third-order valence-electron chi connectivity index (χ3n) is 3.46. The molecule has 0 aromatic carbocycles. The van der Waals surface area contributed by atoms with Crippen LogP contribution in [0.5, 0.6) is 0 Å². The van der Waals surface area contributed by atoms with Gasteiger partial charge in [0.2, 0.25) is 0 Å². The first-order valence-electron chi connectivity index (χ1n) is 6.71. The number of hydrogen-bond donors (Lipinski definition) is 1. The van der Waals surface area contributed by atoms with Crippen molar-refractivity contribution in [2.45, 2.75) is 44.5 Å². The smallest absolute Gasteiger partial charge is 0.320 e. The molecule has 0 aliphatic carbocycles. The average Bonchev–Trinajstić information content (AvgIpc) is 2.39. The number of carbonyl (C=O) groups is 1. The SMILES string of the molecule is CCCCC(C(=O)O)N1CCSCC1S(=O)(=O)CC. The molecule has 1 aliphatic heterocycles. The number of rotatable bonds is 7. The lowest BCUT2D eigenvalue weighted by atomic mass is 10.1. The molecule has 1 N–H and O–H groups in total. The first-order valence-corrected chi connectivity index (χ1v) is 9.58. The molecule has 0 radical (unpaired) electrons. The van der Waals surface area contributed by atoms with Crippen LogP contribution in [0.15, 0.2) is 0 Å². The Labute approximate surface area is 119 Å². The largest absolute Gasteiger partial charge is 0.480 e. The molecule has 7 heteroatoms. The number of hydrogen-bond acceptors (Lipinski definition) is 5. The molecule has 0 amide bonds. The molecule has 0 spiro atoms. The summed E-state index contributed by atoms with van der Waals surface area (Å²) in [6, 6.07) is -0.674. The van der Waals surface area contributed by atoms with Crippen LogP contribution in [0.25, 0.3) is 0 Å². The Morgan fingerprint density at radius 1 is 1.47 bits per heavy atom. The van der Waals surface area contributed by atoms with Gasteiger partial charge in [0.15, 0.2) is 9.84 Å². The van der Waals surface area contributed by atoms with Crippen molar-refractivity contribution in [1.82, 2.24) is 4.90 Å². The standard InChI is InChI=1S/C12H23NO4S2/c1-3-5-6-10(12(14)15)13-7-8-18-9-11(13)19(16,17)4-2/h10-11H,3-9H2,1-2H3,(H,14,15). The topological polar surface area (TPSA) is 74.7 Å². The molecule has 1 saturated heterocycles. The quantitative estimate of drug-likeness (QED) is 0.767. The maximum absolute atomic E-state index is 12.1. The minimum absolute atomic E-state index is 0.0643. The summed E-state index contributed by atoms with van der Waals surface area (Å²) >= 11 is 1.59. The van der Waals surface area contributed by atoms with Crippen LogP contribution in [0, 0.1) is 0 Å². The molecule has 0 aromatic heterocycles. The van der Waals surface area contributed by atoms with E-state index in [0.717, 1.165) is 18.6 Å². The minimum Gasteiger partial charge on any atom is -0.480 e. The van der Waals surface area contributed by atoms with Crippen LogP contribution < -0.4 is 0 Å². The van der Waals surface area contributed by atoms with Crippen molar-refractivity contribution in [3.63, 3.8) is 0 Å². The molecule has 1 rings (SSSR count). The summed E-state index contributed by atoms with van der Waals surface area (Å²) < 4.78 is 24.2. The molecular weight excluding hydrogens is 286 g/mol. The van der Waals surface area contributed by atoms with E-state index in [1.807, 2.05) is 6.92 Å². The van der Waals surface area contributed by atoms with Crippen LogP contribution in [0.2, 0.25) is 0 Å². The second kappa shape index (κ2) is 7.50. The van der Waals surface area contributed by atoms with E-state index in [2.05, 4.69) is 0 Å². The number of thioether (sulfide) groups is 1. The van der Waals surface area contributed by atoms with Gasteiger partial charge < -0.3 is 5.11 Å². The van der Waals surface area contributed by atoms with Gasteiger partial charge in [0.25, 0.3) is 0 Å². The van der Waals surface area contributed by atoms with E-state index >= 15 is 0 Å². The third kappa shape index (κ3) is 4.36. The highest BCUT2D eigenvalue weighted by Crippen LogP contribution is 2.25. The first kappa shape index (κ1) is 16.8. The normalized spacial score (nSPS) is 23.2. The van der Waals surface area contributed by atoms with E-state index < -0.39 is 27.2 Å². The number of sulfone groups is 1. The number of unbranched alkanes of at least 4 members (excludes halogenated alkanes) is 1. The summed E-state index contributed by atoms with van der Waals surface area (Å²) in [4.78, 5) is 13.1. The van der Waals surface area contributed by atoms with Gasteiger partial charge in [-0.25, -0.2) is 8.42 Å². The predicted molar refractivity (Wildman–Crippen MR) is 78.2 cm³/mol. The van der Waals surface area contributed by atoms with E-state index in [0.29, 0.717) is 18.7 Å². The Hall–Kier alpha value is -0.270. The zero-order valence-corrected chi connectivity index (χ0v) is 13.2. The minimum atomic E-state index is -3.23. The van der Waals surface area contributed by atoms with Gasteiger partial charge in [-0.3, -0.25) is 9.69 Å². The van der Waals surface area contributed by atoms with Gasteiger partial charge in [-0.1, -0.05) is 26.7 Å². The van der Waals surface area contributed by atoms with Gasteiger partial charge in [-0.05, 0) is 6.42 Å². The Bertz CT molecular complexity index is 397. The van der Waals surface area contributed by atoms with E-state index in [1.165, 1.54) is 0 Å². The van der Waals surface area contributed by atoms with Crippen molar-refractivity contribution in [3.8, 4) is 0 Å². The molecule has 1 heterocycles. The van der Waals surface area contributed by atoms with Crippen LogP contribution in [0.1, 0.15) is 33.1 Å². The number of carboxylic acid groups (broad SMARTS) is 1.